The molecule has 0 radical (unpaired) electrons. The van der Waals surface area contributed by atoms with Gasteiger partial charge < -0.3 is 4.90 Å². The van der Waals surface area contributed by atoms with E-state index < -0.39 is 34.0 Å². The lowest BCUT2D eigenvalue weighted by atomic mass is 9.99. The second-order valence-electron chi connectivity index (χ2n) is 7.84. The highest BCUT2D eigenvalue weighted by Gasteiger charge is 2.67. The molecule has 3 aliphatic rings. The van der Waals surface area contributed by atoms with Crippen molar-refractivity contribution in [3.8, 4) is 6.07 Å². The van der Waals surface area contributed by atoms with Crippen molar-refractivity contribution < 1.29 is 18.0 Å². The highest BCUT2D eigenvalue weighted by atomic mass is 32.2. The van der Waals surface area contributed by atoms with Gasteiger partial charge in [0.15, 0.2) is 0 Å². The lowest BCUT2D eigenvalue weighted by Crippen LogP contribution is -2.55. The number of hydrogen-bond acceptors (Lipinski definition) is 6. The topological polar surface area (TPSA) is 115 Å². The highest BCUT2D eigenvalue weighted by molar-refractivity contribution is 7.89. The number of fused-ring (bicyclic) bond motifs is 6. The van der Waals surface area contributed by atoms with Gasteiger partial charge in [0.25, 0.3) is 5.91 Å². The van der Waals surface area contributed by atoms with Gasteiger partial charge in [-0.15, -0.1) is 0 Å². The van der Waals surface area contributed by atoms with Crippen molar-refractivity contribution in [2.45, 2.75) is 32.0 Å². The number of aromatic nitrogens is 1. The Labute approximate surface area is 173 Å². The molecule has 1 aromatic carbocycles. The summed E-state index contributed by atoms with van der Waals surface area (Å²) in [4.78, 5) is 33.7. The minimum atomic E-state index is -3.49. The van der Waals surface area contributed by atoms with Crippen LogP contribution >= 0.6 is 0 Å². The Morgan fingerprint density at radius 3 is 2.73 bits per heavy atom. The molecule has 0 aliphatic carbocycles. The Kier molecular flexibility index (Phi) is 3.94. The third kappa shape index (κ3) is 2.24. The van der Waals surface area contributed by atoms with Gasteiger partial charge in [-0.05, 0) is 37.1 Å². The van der Waals surface area contributed by atoms with Crippen LogP contribution in [-0.2, 0) is 14.8 Å². The van der Waals surface area contributed by atoms with Crippen LogP contribution in [-0.4, -0.2) is 65.0 Å². The largest absolute Gasteiger partial charge is 0.332 e. The maximum atomic E-state index is 13.4. The van der Waals surface area contributed by atoms with E-state index in [1.807, 2.05) is 6.92 Å². The fourth-order valence-corrected chi connectivity index (χ4v) is 6.51. The first-order chi connectivity index (χ1) is 14.3. The molecule has 2 bridgehead atoms. The molecule has 3 unspecified atom stereocenters. The molecule has 30 heavy (non-hydrogen) atoms. The van der Waals surface area contributed by atoms with E-state index in [2.05, 4.69) is 11.1 Å². The molecule has 0 N–H and O–H groups in total. The van der Waals surface area contributed by atoms with Crippen LogP contribution in [0.1, 0.15) is 19.4 Å². The van der Waals surface area contributed by atoms with E-state index in [4.69, 9.17) is 0 Å². The lowest BCUT2D eigenvalue weighted by Gasteiger charge is -2.33. The third-order valence-corrected chi connectivity index (χ3v) is 8.38. The summed E-state index contributed by atoms with van der Waals surface area (Å²) in [5.74, 6) is -0.607. The molecule has 4 heterocycles. The Morgan fingerprint density at radius 2 is 2.03 bits per heavy atom. The van der Waals surface area contributed by atoms with Gasteiger partial charge in [-0.1, -0.05) is 6.92 Å². The maximum Gasteiger partial charge on any atom is 0.332 e. The molecule has 3 amide bonds. The second kappa shape index (κ2) is 6.23. The van der Waals surface area contributed by atoms with E-state index in [0.29, 0.717) is 22.2 Å². The zero-order valence-electron chi connectivity index (χ0n) is 16.4. The first-order valence-electron chi connectivity index (χ1n) is 9.75. The summed E-state index contributed by atoms with van der Waals surface area (Å²) >= 11 is 0. The normalized spacial score (nSPS) is 28.4. The number of nitrogens with zero attached hydrogens (tertiary/aromatic N) is 5. The summed E-state index contributed by atoms with van der Waals surface area (Å²) in [5, 5.41) is 9.88. The van der Waals surface area contributed by atoms with Crippen LogP contribution in [0.3, 0.4) is 0 Å². The molecule has 3 aliphatic heterocycles. The van der Waals surface area contributed by atoms with Gasteiger partial charge in [-0.3, -0.25) is 9.78 Å². The van der Waals surface area contributed by atoms with Gasteiger partial charge in [0.05, 0.1) is 34.6 Å². The molecule has 1 aromatic heterocycles. The molecule has 2 aromatic rings. The minimum absolute atomic E-state index is 0.0482. The van der Waals surface area contributed by atoms with Crippen LogP contribution in [0.5, 0.6) is 0 Å². The van der Waals surface area contributed by atoms with Gasteiger partial charge in [-0.2, -0.15) is 9.57 Å². The molecular weight excluding hydrogens is 406 g/mol. The van der Waals surface area contributed by atoms with E-state index in [9.17, 15) is 23.3 Å². The first-order valence-corrected chi connectivity index (χ1v) is 11.4. The summed E-state index contributed by atoms with van der Waals surface area (Å²) in [6, 6.07) is 6.39. The van der Waals surface area contributed by atoms with Crippen LogP contribution in [0.4, 0.5) is 10.5 Å². The minimum Gasteiger partial charge on any atom is -0.306 e. The number of nitriles is 1. The number of sulfonamides is 1. The third-order valence-electron chi connectivity index (χ3n) is 6.54. The quantitative estimate of drug-likeness (QED) is 0.685. The number of urea groups is 1. The molecule has 0 saturated carbocycles. The molecule has 3 fully saturated rings. The molecule has 0 spiro atoms. The number of rotatable bonds is 3. The van der Waals surface area contributed by atoms with E-state index in [1.54, 1.807) is 42.3 Å². The Hall–Kier alpha value is -3.03. The zero-order valence-corrected chi connectivity index (χ0v) is 17.2. The van der Waals surface area contributed by atoms with E-state index >= 15 is 0 Å². The highest BCUT2D eigenvalue weighted by Crippen LogP contribution is 2.47. The smallest absolute Gasteiger partial charge is 0.306 e. The fraction of sp³-hybridized carbons (Fsp3) is 0.400. The van der Waals surface area contributed by atoms with Crippen molar-refractivity contribution in [1.29, 1.82) is 5.26 Å². The lowest BCUT2D eigenvalue weighted by molar-refractivity contribution is -0.120. The number of pyridine rings is 1. The van der Waals surface area contributed by atoms with Crippen LogP contribution in [0.25, 0.3) is 10.9 Å². The maximum absolute atomic E-state index is 13.4. The monoisotopic (exact) mass is 425 g/mol. The predicted molar refractivity (Wildman–Crippen MR) is 108 cm³/mol. The second-order valence-corrected chi connectivity index (χ2v) is 10.0. The van der Waals surface area contributed by atoms with Crippen molar-refractivity contribution >= 4 is 38.6 Å². The average Bonchev–Trinajstić information content (AvgIpc) is 3.33. The SMILES string of the molecule is CCS(=O)(=O)N1CC2[C@H](C)C1C1C(=O)N(c3ccc(C#N)c4ncccc34)C(=O)N12. The van der Waals surface area contributed by atoms with Crippen LogP contribution in [0.15, 0.2) is 30.5 Å². The molecule has 154 valence electrons. The van der Waals surface area contributed by atoms with Crippen molar-refractivity contribution in [2.24, 2.45) is 5.92 Å². The number of hydrogen-bond donors (Lipinski definition) is 0. The number of amides is 3. The van der Waals surface area contributed by atoms with E-state index in [-0.39, 0.29) is 24.3 Å². The Balaban J connectivity index is 1.61. The Bertz CT molecular complexity index is 1250. The summed E-state index contributed by atoms with van der Waals surface area (Å²) in [5.41, 5.74) is 1.12. The first kappa shape index (κ1) is 19.0. The van der Waals surface area contributed by atoms with Crippen LogP contribution in [0, 0.1) is 17.2 Å². The number of benzene rings is 1. The summed E-state index contributed by atoms with van der Waals surface area (Å²) in [7, 11) is -3.49. The molecular formula is C20H19N5O4S. The van der Waals surface area contributed by atoms with Gasteiger partial charge in [-0.25, -0.2) is 18.1 Å². The summed E-state index contributed by atoms with van der Waals surface area (Å²) in [6.07, 6.45) is 1.55. The van der Waals surface area contributed by atoms with Gasteiger partial charge in [0.1, 0.15) is 12.1 Å². The van der Waals surface area contributed by atoms with E-state index in [0.717, 1.165) is 4.90 Å². The van der Waals surface area contributed by atoms with Crippen molar-refractivity contribution in [3.05, 3.63) is 36.0 Å². The molecule has 10 heteroatoms. The zero-order chi connectivity index (χ0) is 21.4. The Morgan fingerprint density at radius 1 is 1.27 bits per heavy atom. The number of piperazine rings is 1. The summed E-state index contributed by atoms with van der Waals surface area (Å²) < 4.78 is 26.5. The standard InChI is InChI=1S/C20H19N5O4S/c1-3-30(28,29)23-10-15-11(2)17(23)18-19(26)25(20(27)24(15)18)14-7-6-12(9-21)16-13(14)5-4-8-22-16/h4-8,11,15,17-18H,3,10H2,1-2H3/t11-,15?,17?,18?/m0/s1. The molecule has 3 saturated heterocycles. The van der Waals surface area contributed by atoms with Gasteiger partial charge >= 0.3 is 6.03 Å². The number of carbonyl (C=O) groups excluding carboxylic acids is 2. The molecule has 9 nitrogen and oxygen atoms in total. The van der Waals surface area contributed by atoms with Crippen molar-refractivity contribution in [3.63, 3.8) is 0 Å². The fourth-order valence-electron chi connectivity index (χ4n) is 5.12. The van der Waals surface area contributed by atoms with Crippen molar-refractivity contribution in [2.75, 3.05) is 17.2 Å². The summed E-state index contributed by atoms with van der Waals surface area (Å²) in [6.45, 7) is 3.68. The van der Waals surface area contributed by atoms with Crippen LogP contribution in [0.2, 0.25) is 0 Å². The number of imide groups is 1. The predicted octanol–water partition coefficient (Wildman–Crippen LogP) is 1.30. The number of carbonyl (C=O) groups is 2. The number of anilines is 1. The molecule has 5 rings (SSSR count). The average molecular weight is 425 g/mol. The van der Waals surface area contributed by atoms with Gasteiger partial charge in [0.2, 0.25) is 10.0 Å². The molecule has 4 atom stereocenters. The van der Waals surface area contributed by atoms with Gasteiger partial charge in [0, 0.05) is 18.1 Å². The van der Waals surface area contributed by atoms with Crippen LogP contribution < -0.4 is 4.90 Å². The van der Waals surface area contributed by atoms with Crippen molar-refractivity contribution in [1.82, 2.24) is 14.2 Å². The van der Waals surface area contributed by atoms with E-state index in [1.165, 1.54) is 4.31 Å².